The van der Waals surface area contributed by atoms with Gasteiger partial charge in [-0.05, 0) is 59.9 Å². The number of aromatic nitrogens is 1. The third-order valence-electron chi connectivity index (χ3n) is 6.82. The summed E-state index contributed by atoms with van der Waals surface area (Å²) in [6.07, 6.45) is 4.36. The zero-order chi connectivity index (χ0) is 27.5. The van der Waals surface area contributed by atoms with E-state index in [0.29, 0.717) is 25.3 Å². The van der Waals surface area contributed by atoms with E-state index in [1.54, 1.807) is 14.2 Å². The highest BCUT2D eigenvalue weighted by Gasteiger charge is 2.18. The van der Waals surface area contributed by atoms with Crippen molar-refractivity contribution in [1.82, 2.24) is 4.98 Å². The molecule has 204 valence electrons. The minimum absolute atomic E-state index is 0.657. The molecule has 4 rings (SSSR count). The van der Waals surface area contributed by atoms with E-state index in [4.69, 9.17) is 20.2 Å². The van der Waals surface area contributed by atoms with E-state index in [-0.39, 0.29) is 0 Å². The molecule has 0 fully saturated rings. The number of hydrogen-bond donors (Lipinski definition) is 2. The number of nitrogens with one attached hydrogen (secondary N) is 1. The van der Waals surface area contributed by atoms with Crippen molar-refractivity contribution in [2.75, 3.05) is 30.2 Å². The van der Waals surface area contributed by atoms with Gasteiger partial charge in [-0.25, -0.2) is 4.98 Å². The van der Waals surface area contributed by atoms with Crippen molar-refractivity contribution in [2.45, 2.75) is 52.2 Å². The first-order valence-electron chi connectivity index (χ1n) is 13.7. The summed E-state index contributed by atoms with van der Waals surface area (Å²) in [6.45, 7) is 4.23. The van der Waals surface area contributed by atoms with E-state index in [9.17, 15) is 0 Å². The van der Waals surface area contributed by atoms with Crippen LogP contribution in [0.25, 0.3) is 0 Å². The monoisotopic (exact) mass is 524 g/mol. The quantitative estimate of drug-likeness (QED) is 0.170. The van der Waals surface area contributed by atoms with Gasteiger partial charge < -0.3 is 25.4 Å². The fourth-order valence-electron chi connectivity index (χ4n) is 4.57. The van der Waals surface area contributed by atoms with Crippen LogP contribution in [0, 0.1) is 0 Å². The summed E-state index contributed by atoms with van der Waals surface area (Å²) in [5.74, 6) is 2.47. The first-order valence-corrected chi connectivity index (χ1v) is 13.7. The molecule has 3 N–H and O–H groups in total. The minimum Gasteiger partial charge on any atom is -0.497 e. The Balaban J connectivity index is 1.70. The molecule has 1 heterocycles. The lowest BCUT2D eigenvalue weighted by Crippen LogP contribution is -2.25. The molecule has 0 spiro atoms. The van der Waals surface area contributed by atoms with Gasteiger partial charge in [-0.3, -0.25) is 0 Å². The first-order chi connectivity index (χ1) is 19.1. The fraction of sp³-hybridized carbons (Fsp3) is 0.303. The number of anilines is 3. The Morgan fingerprint density at radius 3 is 1.90 bits per heavy atom. The maximum Gasteiger partial charge on any atom is 0.154 e. The molecule has 0 atom stereocenters. The molecule has 0 amide bonds. The zero-order valence-corrected chi connectivity index (χ0v) is 23.3. The normalized spacial score (nSPS) is 10.7. The largest absolute Gasteiger partial charge is 0.497 e. The second-order valence-corrected chi connectivity index (χ2v) is 9.75. The molecule has 0 saturated carbocycles. The van der Waals surface area contributed by atoms with Crippen molar-refractivity contribution in [3.05, 3.63) is 107 Å². The standard InChI is InChI=1S/C33H40N4O2/c1-4-5-7-12-28-21-31(35-22-25-10-8-6-9-11-25)32(34)33(36-28)37(23-26-13-17-29(38-2)18-14-26)24-27-15-19-30(39-3)20-16-27/h6,8-11,13-21H,4-5,7,12,22-24,34H2,1-3H3,(H,35,36). The maximum atomic E-state index is 6.86. The third-order valence-corrected chi connectivity index (χ3v) is 6.82. The molecule has 0 aliphatic heterocycles. The minimum atomic E-state index is 0.657. The number of nitrogen functional groups attached to an aromatic ring is 1. The van der Waals surface area contributed by atoms with Crippen LogP contribution in [0.2, 0.25) is 0 Å². The van der Waals surface area contributed by atoms with Crippen molar-refractivity contribution in [1.29, 1.82) is 0 Å². The van der Waals surface area contributed by atoms with Crippen molar-refractivity contribution in [3.63, 3.8) is 0 Å². The Morgan fingerprint density at radius 2 is 1.36 bits per heavy atom. The van der Waals surface area contributed by atoms with E-state index in [2.05, 4.69) is 71.7 Å². The van der Waals surface area contributed by atoms with Gasteiger partial charge in [-0.2, -0.15) is 0 Å². The molecule has 0 aliphatic carbocycles. The first kappa shape index (κ1) is 27.8. The number of hydrogen-bond acceptors (Lipinski definition) is 6. The van der Waals surface area contributed by atoms with Crippen molar-refractivity contribution in [3.8, 4) is 11.5 Å². The zero-order valence-electron chi connectivity index (χ0n) is 23.3. The van der Waals surface area contributed by atoms with Gasteiger partial charge in [-0.1, -0.05) is 74.4 Å². The van der Waals surface area contributed by atoms with Gasteiger partial charge in [-0.15, -0.1) is 0 Å². The fourth-order valence-corrected chi connectivity index (χ4v) is 4.57. The predicted octanol–water partition coefficient (Wildman–Crippen LogP) is 7.23. The molecule has 6 heteroatoms. The van der Waals surface area contributed by atoms with Crippen LogP contribution in [-0.2, 0) is 26.1 Å². The summed E-state index contributed by atoms with van der Waals surface area (Å²) in [6, 6.07) is 28.8. The highest BCUT2D eigenvalue weighted by atomic mass is 16.5. The smallest absolute Gasteiger partial charge is 0.154 e. The number of pyridine rings is 1. The van der Waals surface area contributed by atoms with Crippen molar-refractivity contribution >= 4 is 17.2 Å². The van der Waals surface area contributed by atoms with E-state index < -0.39 is 0 Å². The average Bonchev–Trinajstić information content (AvgIpc) is 2.98. The van der Waals surface area contributed by atoms with E-state index >= 15 is 0 Å². The topological polar surface area (TPSA) is 72.6 Å². The average molecular weight is 525 g/mol. The number of unbranched alkanes of at least 4 members (excludes halogenated alkanes) is 2. The molecule has 0 aliphatic rings. The Kier molecular flexibility index (Phi) is 10.1. The third kappa shape index (κ3) is 7.90. The van der Waals surface area contributed by atoms with Crippen LogP contribution < -0.4 is 25.4 Å². The number of benzene rings is 3. The molecule has 0 saturated heterocycles. The number of aryl methyl sites for hydroxylation is 1. The summed E-state index contributed by atoms with van der Waals surface area (Å²) in [7, 11) is 3.37. The second kappa shape index (κ2) is 14.1. The summed E-state index contributed by atoms with van der Waals surface area (Å²) in [5.41, 5.74) is 13.0. The van der Waals surface area contributed by atoms with E-state index in [1.165, 1.54) is 18.4 Å². The molecule has 39 heavy (non-hydrogen) atoms. The Hall–Kier alpha value is -4.19. The van der Waals surface area contributed by atoms with Crippen LogP contribution in [0.15, 0.2) is 84.9 Å². The lowest BCUT2D eigenvalue weighted by molar-refractivity contribution is 0.414. The number of nitrogens with two attached hydrogens (primary N) is 1. The lowest BCUT2D eigenvalue weighted by atomic mass is 10.1. The molecule has 0 unspecified atom stereocenters. The molecular weight excluding hydrogens is 484 g/mol. The van der Waals surface area contributed by atoms with Crippen molar-refractivity contribution < 1.29 is 9.47 Å². The summed E-state index contributed by atoms with van der Waals surface area (Å²) in [4.78, 5) is 7.39. The number of nitrogens with zero attached hydrogens (tertiary/aromatic N) is 2. The SMILES string of the molecule is CCCCCc1cc(NCc2ccccc2)c(N)c(N(Cc2ccc(OC)cc2)Cc2ccc(OC)cc2)n1. The molecule has 4 aromatic rings. The Labute approximate surface area is 232 Å². The van der Waals surface area contributed by atoms with Gasteiger partial charge in [0.2, 0.25) is 0 Å². The van der Waals surface area contributed by atoms with E-state index in [0.717, 1.165) is 52.7 Å². The number of rotatable bonds is 14. The summed E-state index contributed by atoms with van der Waals surface area (Å²) in [5, 5.41) is 3.59. The second-order valence-electron chi connectivity index (χ2n) is 9.75. The van der Waals surface area contributed by atoms with Crippen LogP contribution in [0.5, 0.6) is 11.5 Å². The van der Waals surface area contributed by atoms with Crippen LogP contribution in [0.1, 0.15) is 48.6 Å². The molecule has 1 aromatic heterocycles. The molecule has 0 bridgehead atoms. The number of ether oxygens (including phenoxy) is 2. The molecule has 0 radical (unpaired) electrons. The Bertz CT molecular complexity index is 1240. The van der Waals surface area contributed by atoms with Crippen molar-refractivity contribution in [2.24, 2.45) is 0 Å². The summed E-state index contributed by atoms with van der Waals surface area (Å²) >= 11 is 0. The summed E-state index contributed by atoms with van der Waals surface area (Å²) < 4.78 is 10.7. The highest BCUT2D eigenvalue weighted by molar-refractivity contribution is 5.79. The molecular formula is C33H40N4O2. The van der Waals surface area contributed by atoms with Crippen LogP contribution >= 0.6 is 0 Å². The maximum absolute atomic E-state index is 6.86. The van der Waals surface area contributed by atoms with Gasteiger partial charge in [0.15, 0.2) is 5.82 Å². The van der Waals surface area contributed by atoms with Gasteiger partial charge >= 0.3 is 0 Å². The van der Waals surface area contributed by atoms with Crippen LogP contribution in [0.3, 0.4) is 0 Å². The molecule has 3 aromatic carbocycles. The van der Waals surface area contributed by atoms with Crippen LogP contribution in [0.4, 0.5) is 17.2 Å². The Morgan fingerprint density at radius 1 is 0.769 bits per heavy atom. The predicted molar refractivity (Wildman–Crippen MR) is 162 cm³/mol. The number of methoxy groups -OCH3 is 2. The van der Waals surface area contributed by atoms with E-state index in [1.807, 2.05) is 30.3 Å². The lowest BCUT2D eigenvalue weighted by Gasteiger charge is -2.27. The van der Waals surface area contributed by atoms with Gasteiger partial charge in [0.05, 0.1) is 25.6 Å². The highest BCUT2D eigenvalue weighted by Crippen LogP contribution is 2.33. The van der Waals surface area contributed by atoms with Gasteiger partial charge in [0, 0.05) is 25.3 Å². The van der Waals surface area contributed by atoms with Gasteiger partial charge in [0.1, 0.15) is 11.5 Å². The molecule has 6 nitrogen and oxygen atoms in total. The van der Waals surface area contributed by atoms with Crippen LogP contribution in [-0.4, -0.2) is 19.2 Å². The van der Waals surface area contributed by atoms with Gasteiger partial charge in [0.25, 0.3) is 0 Å².